The molecule has 0 saturated heterocycles. The number of hydrogen-bond donors (Lipinski definition) is 0. The molecule has 0 bridgehead atoms. The van der Waals surface area contributed by atoms with Gasteiger partial charge >= 0.3 is 0 Å². The van der Waals surface area contributed by atoms with Crippen LogP contribution in [-0.2, 0) is 12.8 Å². The van der Waals surface area contributed by atoms with Crippen LogP contribution in [0.15, 0.2) is 12.6 Å². The molecular formula is C12H12N2. The van der Waals surface area contributed by atoms with Gasteiger partial charge in [-0.25, -0.2) is 0 Å². The molecule has 0 atom stereocenters. The Balaban J connectivity index is 2.56. The zero-order valence-electron chi connectivity index (χ0n) is 8.08. The van der Waals surface area contributed by atoms with Crippen LogP contribution in [0.3, 0.4) is 0 Å². The molecule has 0 aromatic carbocycles. The highest BCUT2D eigenvalue weighted by Gasteiger charge is 2.13. The number of aryl methyl sites for hydroxylation is 2. The quantitative estimate of drug-likeness (QED) is 0.672. The van der Waals surface area contributed by atoms with E-state index in [9.17, 15) is 0 Å². The van der Waals surface area contributed by atoms with Crippen LogP contribution in [-0.4, -0.2) is 4.98 Å². The van der Waals surface area contributed by atoms with Crippen molar-refractivity contribution in [2.24, 2.45) is 0 Å². The number of fused-ring (bicyclic) bond motifs is 1. The van der Waals surface area contributed by atoms with E-state index in [0.29, 0.717) is 5.56 Å². The Kier molecular flexibility index (Phi) is 2.32. The second-order valence-corrected chi connectivity index (χ2v) is 3.55. The topological polar surface area (TPSA) is 36.7 Å². The lowest BCUT2D eigenvalue weighted by Gasteiger charge is -2.15. The van der Waals surface area contributed by atoms with E-state index in [-0.39, 0.29) is 0 Å². The predicted octanol–water partition coefficient (Wildman–Crippen LogP) is 2.48. The van der Waals surface area contributed by atoms with Crippen LogP contribution in [0.2, 0.25) is 0 Å². The molecule has 0 unspecified atom stereocenters. The maximum atomic E-state index is 8.91. The number of nitrogens with zero attached hydrogens (tertiary/aromatic N) is 2. The Labute approximate surface area is 83.9 Å². The van der Waals surface area contributed by atoms with Gasteiger partial charge in [-0.2, -0.15) is 5.26 Å². The van der Waals surface area contributed by atoms with Crippen LogP contribution in [0.1, 0.15) is 35.4 Å². The molecule has 1 aromatic heterocycles. The SMILES string of the molecule is C=Cc1nc2c(cc1C#N)CCCC2. The maximum absolute atomic E-state index is 8.91. The average Bonchev–Trinajstić information content (AvgIpc) is 2.27. The minimum absolute atomic E-state index is 0.653. The van der Waals surface area contributed by atoms with Gasteiger partial charge in [0.15, 0.2) is 0 Å². The molecule has 0 aliphatic heterocycles. The van der Waals surface area contributed by atoms with E-state index in [4.69, 9.17) is 5.26 Å². The first-order chi connectivity index (χ1) is 6.85. The smallest absolute Gasteiger partial charge is 0.101 e. The highest BCUT2D eigenvalue weighted by Crippen LogP contribution is 2.22. The first kappa shape index (κ1) is 8.96. The van der Waals surface area contributed by atoms with Crippen molar-refractivity contribution in [3.05, 3.63) is 35.2 Å². The van der Waals surface area contributed by atoms with Gasteiger partial charge in [0.05, 0.1) is 11.3 Å². The van der Waals surface area contributed by atoms with Gasteiger partial charge in [0.2, 0.25) is 0 Å². The van der Waals surface area contributed by atoms with E-state index in [2.05, 4.69) is 17.6 Å². The number of aromatic nitrogens is 1. The fourth-order valence-electron chi connectivity index (χ4n) is 1.89. The fraction of sp³-hybridized carbons (Fsp3) is 0.333. The first-order valence-corrected chi connectivity index (χ1v) is 4.90. The first-order valence-electron chi connectivity index (χ1n) is 4.90. The summed E-state index contributed by atoms with van der Waals surface area (Å²) >= 11 is 0. The van der Waals surface area contributed by atoms with Gasteiger partial charge in [0, 0.05) is 5.69 Å². The maximum Gasteiger partial charge on any atom is 0.101 e. The van der Waals surface area contributed by atoms with Crippen molar-refractivity contribution in [1.29, 1.82) is 5.26 Å². The lowest BCUT2D eigenvalue weighted by atomic mass is 9.94. The molecule has 0 saturated carbocycles. The molecule has 0 radical (unpaired) electrons. The number of rotatable bonds is 1. The average molecular weight is 184 g/mol. The van der Waals surface area contributed by atoms with Crippen LogP contribution in [0.4, 0.5) is 0 Å². The standard InChI is InChI=1S/C12H12N2/c1-2-11-10(8-13)7-9-5-3-4-6-12(9)14-11/h2,7H,1,3-6H2. The number of pyridine rings is 1. The molecule has 2 rings (SSSR count). The minimum Gasteiger partial charge on any atom is -0.252 e. The van der Waals surface area contributed by atoms with Crippen molar-refractivity contribution >= 4 is 6.08 Å². The monoisotopic (exact) mass is 184 g/mol. The molecule has 1 aromatic rings. The Morgan fingerprint density at radius 2 is 2.21 bits per heavy atom. The fourth-order valence-corrected chi connectivity index (χ4v) is 1.89. The third-order valence-corrected chi connectivity index (χ3v) is 2.64. The molecule has 0 amide bonds. The second-order valence-electron chi connectivity index (χ2n) is 3.55. The van der Waals surface area contributed by atoms with Gasteiger partial charge in [-0.15, -0.1) is 0 Å². The van der Waals surface area contributed by atoms with E-state index < -0.39 is 0 Å². The lowest BCUT2D eigenvalue weighted by Crippen LogP contribution is -2.07. The lowest BCUT2D eigenvalue weighted by molar-refractivity contribution is 0.666. The molecule has 0 N–H and O–H groups in total. The summed E-state index contributed by atoms with van der Waals surface area (Å²) in [6.45, 7) is 3.67. The van der Waals surface area contributed by atoms with E-state index in [0.717, 1.165) is 24.2 Å². The highest BCUT2D eigenvalue weighted by molar-refractivity contribution is 5.54. The summed E-state index contributed by atoms with van der Waals surface area (Å²) in [5.74, 6) is 0. The number of hydrogen-bond acceptors (Lipinski definition) is 2. The Morgan fingerprint density at radius 3 is 2.93 bits per heavy atom. The van der Waals surface area contributed by atoms with Gasteiger partial charge in [-0.05, 0) is 43.4 Å². The summed E-state index contributed by atoms with van der Waals surface area (Å²) in [7, 11) is 0. The molecule has 2 nitrogen and oxygen atoms in total. The molecule has 1 aliphatic rings. The van der Waals surface area contributed by atoms with Crippen molar-refractivity contribution in [2.45, 2.75) is 25.7 Å². The highest BCUT2D eigenvalue weighted by atomic mass is 14.7. The van der Waals surface area contributed by atoms with Crippen molar-refractivity contribution < 1.29 is 0 Å². The predicted molar refractivity (Wildman–Crippen MR) is 55.7 cm³/mol. The van der Waals surface area contributed by atoms with Gasteiger partial charge < -0.3 is 0 Å². The van der Waals surface area contributed by atoms with Crippen LogP contribution in [0.25, 0.3) is 6.08 Å². The van der Waals surface area contributed by atoms with Crippen molar-refractivity contribution in [3.63, 3.8) is 0 Å². The summed E-state index contributed by atoms with van der Waals surface area (Å²) in [6.07, 6.45) is 6.19. The van der Waals surface area contributed by atoms with Gasteiger partial charge in [-0.3, -0.25) is 4.98 Å². The summed E-state index contributed by atoms with van der Waals surface area (Å²) in [6, 6.07) is 4.13. The van der Waals surface area contributed by atoms with E-state index in [1.165, 1.54) is 18.4 Å². The zero-order chi connectivity index (χ0) is 9.97. The van der Waals surface area contributed by atoms with Crippen molar-refractivity contribution in [3.8, 4) is 6.07 Å². The van der Waals surface area contributed by atoms with Crippen molar-refractivity contribution in [2.75, 3.05) is 0 Å². The Morgan fingerprint density at radius 1 is 1.43 bits per heavy atom. The van der Waals surface area contributed by atoms with Gasteiger partial charge in [0.25, 0.3) is 0 Å². The molecule has 0 spiro atoms. The number of nitriles is 1. The van der Waals surface area contributed by atoms with Gasteiger partial charge in [0.1, 0.15) is 6.07 Å². The molecule has 1 heterocycles. The zero-order valence-corrected chi connectivity index (χ0v) is 8.08. The van der Waals surface area contributed by atoms with Crippen LogP contribution in [0.5, 0.6) is 0 Å². The molecule has 1 aliphatic carbocycles. The third-order valence-electron chi connectivity index (χ3n) is 2.64. The summed E-state index contributed by atoms with van der Waals surface area (Å²) < 4.78 is 0. The van der Waals surface area contributed by atoms with Gasteiger partial charge in [-0.1, -0.05) is 6.58 Å². The summed E-state index contributed by atoms with van der Waals surface area (Å²) in [5, 5.41) is 8.91. The molecule has 2 heteroatoms. The van der Waals surface area contributed by atoms with E-state index >= 15 is 0 Å². The minimum atomic E-state index is 0.653. The van der Waals surface area contributed by atoms with Crippen LogP contribution >= 0.6 is 0 Å². The summed E-state index contributed by atoms with van der Waals surface area (Å²) in [5.41, 5.74) is 3.79. The second kappa shape index (κ2) is 3.63. The van der Waals surface area contributed by atoms with E-state index in [1.807, 2.05) is 6.07 Å². The summed E-state index contributed by atoms with van der Waals surface area (Å²) in [4.78, 5) is 4.46. The van der Waals surface area contributed by atoms with Crippen LogP contribution < -0.4 is 0 Å². The third kappa shape index (κ3) is 1.42. The van der Waals surface area contributed by atoms with Crippen molar-refractivity contribution in [1.82, 2.24) is 4.98 Å². The molecule has 14 heavy (non-hydrogen) atoms. The molecular weight excluding hydrogens is 172 g/mol. The Hall–Kier alpha value is -1.62. The normalized spacial score (nSPS) is 14.2. The Bertz CT molecular complexity index is 413. The largest absolute Gasteiger partial charge is 0.252 e. The van der Waals surface area contributed by atoms with E-state index in [1.54, 1.807) is 6.08 Å². The van der Waals surface area contributed by atoms with Crippen LogP contribution in [0, 0.1) is 11.3 Å². The molecule has 0 fully saturated rings. The molecule has 70 valence electrons.